The highest BCUT2D eigenvalue weighted by Gasteiger charge is 1.82. The lowest BCUT2D eigenvalue weighted by Gasteiger charge is -1.88. The second kappa shape index (κ2) is 3.14. The highest BCUT2D eigenvalue weighted by molar-refractivity contribution is 4.97. The van der Waals surface area contributed by atoms with Crippen molar-refractivity contribution in [3.63, 3.8) is 0 Å². The summed E-state index contributed by atoms with van der Waals surface area (Å²) in [6.07, 6.45) is 3.52. The average molecular weight is 125 g/mol. The first-order valence-corrected chi connectivity index (χ1v) is 2.54. The number of hydrogen-bond donors (Lipinski definition) is 1. The predicted octanol–water partition coefficient (Wildman–Crippen LogP) is 1.26. The first-order valence-electron chi connectivity index (χ1n) is 2.54. The quantitative estimate of drug-likeness (QED) is 0.567. The summed E-state index contributed by atoms with van der Waals surface area (Å²) in [5.74, 6) is 0. The second-order valence-electron chi connectivity index (χ2n) is 1.80. The van der Waals surface area contributed by atoms with E-state index in [1.165, 1.54) is 0 Å². The van der Waals surface area contributed by atoms with E-state index in [1.54, 1.807) is 12.4 Å². The van der Waals surface area contributed by atoms with Crippen LogP contribution in [0.3, 0.4) is 0 Å². The summed E-state index contributed by atoms with van der Waals surface area (Å²) in [6, 6.07) is 0. The summed E-state index contributed by atoms with van der Waals surface area (Å²) in [6.45, 7) is 3.85. The number of rotatable bonds is 0. The van der Waals surface area contributed by atoms with E-state index in [2.05, 4.69) is 9.97 Å². The van der Waals surface area contributed by atoms with Crippen LogP contribution in [0.1, 0.15) is 11.4 Å². The van der Waals surface area contributed by atoms with Gasteiger partial charge in [0, 0.05) is 12.4 Å². The SMILES string of the molecule is Cc1cnc(C)cn1.N. The van der Waals surface area contributed by atoms with Crippen molar-refractivity contribution < 1.29 is 0 Å². The van der Waals surface area contributed by atoms with Crippen LogP contribution in [0.5, 0.6) is 0 Å². The second-order valence-corrected chi connectivity index (χ2v) is 1.80. The van der Waals surface area contributed by atoms with Crippen molar-refractivity contribution in [2.24, 2.45) is 0 Å². The molecule has 0 bridgehead atoms. The Morgan fingerprint density at radius 1 is 1.00 bits per heavy atom. The minimum absolute atomic E-state index is 0. The summed E-state index contributed by atoms with van der Waals surface area (Å²) in [4.78, 5) is 8.03. The Balaban J connectivity index is 0.000000640. The molecule has 0 atom stereocenters. The van der Waals surface area contributed by atoms with Gasteiger partial charge in [-0.1, -0.05) is 0 Å². The van der Waals surface area contributed by atoms with Gasteiger partial charge in [-0.2, -0.15) is 0 Å². The van der Waals surface area contributed by atoms with E-state index >= 15 is 0 Å². The molecule has 0 saturated carbocycles. The van der Waals surface area contributed by atoms with Gasteiger partial charge in [-0.15, -0.1) is 0 Å². The van der Waals surface area contributed by atoms with Gasteiger partial charge < -0.3 is 6.15 Å². The molecule has 0 spiro atoms. The van der Waals surface area contributed by atoms with Gasteiger partial charge in [0.15, 0.2) is 0 Å². The Morgan fingerprint density at radius 2 is 1.33 bits per heavy atom. The van der Waals surface area contributed by atoms with Gasteiger partial charge in [0.1, 0.15) is 0 Å². The van der Waals surface area contributed by atoms with Crippen LogP contribution in [-0.2, 0) is 0 Å². The standard InChI is InChI=1S/C6H8N2.H3N/c1-5-3-8-6(2)4-7-5;/h3-4H,1-2H3;1H3. The van der Waals surface area contributed by atoms with Crippen LogP contribution in [0.15, 0.2) is 12.4 Å². The molecule has 3 N–H and O–H groups in total. The maximum atomic E-state index is 4.02. The lowest BCUT2D eigenvalue weighted by atomic mass is 10.5. The van der Waals surface area contributed by atoms with Crippen LogP contribution in [-0.4, -0.2) is 9.97 Å². The Kier molecular flexibility index (Phi) is 2.81. The molecule has 1 aromatic rings. The zero-order valence-corrected chi connectivity index (χ0v) is 5.76. The van der Waals surface area contributed by atoms with Gasteiger partial charge in [0.05, 0.1) is 11.4 Å². The summed E-state index contributed by atoms with van der Waals surface area (Å²) < 4.78 is 0. The van der Waals surface area contributed by atoms with Crippen LogP contribution in [0.4, 0.5) is 0 Å². The van der Waals surface area contributed by atoms with Crippen molar-refractivity contribution in [2.45, 2.75) is 13.8 Å². The van der Waals surface area contributed by atoms with E-state index in [0.29, 0.717) is 0 Å². The highest BCUT2D eigenvalue weighted by atomic mass is 14.8. The Hall–Kier alpha value is -0.960. The molecule has 0 unspecified atom stereocenters. The molecule has 9 heavy (non-hydrogen) atoms. The van der Waals surface area contributed by atoms with E-state index in [-0.39, 0.29) is 6.15 Å². The van der Waals surface area contributed by atoms with E-state index in [4.69, 9.17) is 0 Å². The molecule has 0 aliphatic carbocycles. The normalized spacial score (nSPS) is 8.22. The van der Waals surface area contributed by atoms with Crippen molar-refractivity contribution in [1.29, 1.82) is 0 Å². The van der Waals surface area contributed by atoms with E-state index in [9.17, 15) is 0 Å². The Morgan fingerprint density at radius 3 is 1.56 bits per heavy atom. The lowest BCUT2D eigenvalue weighted by molar-refractivity contribution is 1.06. The molecule has 0 saturated heterocycles. The van der Waals surface area contributed by atoms with Crippen molar-refractivity contribution in [1.82, 2.24) is 16.1 Å². The van der Waals surface area contributed by atoms with Crippen molar-refractivity contribution in [3.8, 4) is 0 Å². The van der Waals surface area contributed by atoms with Gasteiger partial charge in [-0.05, 0) is 13.8 Å². The lowest BCUT2D eigenvalue weighted by Crippen LogP contribution is -1.84. The average Bonchev–Trinajstić information content (AvgIpc) is 1.77. The molecule has 3 nitrogen and oxygen atoms in total. The summed E-state index contributed by atoms with van der Waals surface area (Å²) in [5, 5.41) is 0. The minimum atomic E-state index is 0. The molecule has 0 aliphatic heterocycles. The molecule has 0 amide bonds. The molecule has 1 aromatic heterocycles. The smallest absolute Gasteiger partial charge is 0.0555 e. The highest BCUT2D eigenvalue weighted by Crippen LogP contribution is 1.88. The number of nitrogens with zero attached hydrogens (tertiary/aromatic N) is 2. The van der Waals surface area contributed by atoms with Gasteiger partial charge in [-0.3, -0.25) is 9.97 Å². The fourth-order valence-corrected chi connectivity index (χ4v) is 0.457. The molecule has 0 aliphatic rings. The maximum Gasteiger partial charge on any atom is 0.0555 e. The van der Waals surface area contributed by atoms with E-state index < -0.39 is 0 Å². The largest absolute Gasteiger partial charge is 0.344 e. The summed E-state index contributed by atoms with van der Waals surface area (Å²) in [7, 11) is 0. The fourth-order valence-electron chi connectivity index (χ4n) is 0.457. The van der Waals surface area contributed by atoms with Gasteiger partial charge in [-0.25, -0.2) is 0 Å². The van der Waals surface area contributed by atoms with Crippen molar-refractivity contribution in [2.75, 3.05) is 0 Å². The van der Waals surface area contributed by atoms with Crippen LogP contribution in [0.25, 0.3) is 0 Å². The van der Waals surface area contributed by atoms with Crippen LogP contribution < -0.4 is 6.15 Å². The molecule has 0 aromatic carbocycles. The van der Waals surface area contributed by atoms with Crippen molar-refractivity contribution >= 4 is 0 Å². The first kappa shape index (κ1) is 8.04. The number of hydrogen-bond acceptors (Lipinski definition) is 3. The van der Waals surface area contributed by atoms with Crippen molar-refractivity contribution in [3.05, 3.63) is 23.8 Å². The number of aryl methyl sites for hydroxylation is 2. The molecule has 3 heteroatoms. The molecule has 1 rings (SSSR count). The number of aromatic nitrogens is 2. The van der Waals surface area contributed by atoms with Crippen LogP contribution in [0.2, 0.25) is 0 Å². The Labute approximate surface area is 54.7 Å². The summed E-state index contributed by atoms with van der Waals surface area (Å²) in [5.41, 5.74) is 1.94. The maximum absolute atomic E-state index is 4.02. The van der Waals surface area contributed by atoms with Gasteiger partial charge in [0.25, 0.3) is 0 Å². The van der Waals surface area contributed by atoms with E-state index in [0.717, 1.165) is 11.4 Å². The monoisotopic (exact) mass is 125 g/mol. The zero-order valence-electron chi connectivity index (χ0n) is 5.76. The molecule has 0 fully saturated rings. The third-order valence-corrected chi connectivity index (χ3v) is 0.910. The molecular formula is C6H11N3. The van der Waals surface area contributed by atoms with Crippen LogP contribution in [0, 0.1) is 13.8 Å². The first-order chi connectivity index (χ1) is 3.79. The molecule has 0 radical (unpaired) electrons. The van der Waals surface area contributed by atoms with Crippen LogP contribution >= 0.6 is 0 Å². The molecule has 1 heterocycles. The molecular weight excluding hydrogens is 114 g/mol. The topological polar surface area (TPSA) is 60.8 Å². The fraction of sp³-hybridized carbons (Fsp3) is 0.333. The Bertz CT molecular complexity index is 147. The van der Waals surface area contributed by atoms with Gasteiger partial charge in [0.2, 0.25) is 0 Å². The third kappa shape index (κ3) is 2.19. The zero-order chi connectivity index (χ0) is 5.98. The third-order valence-electron chi connectivity index (χ3n) is 0.910. The molecule has 50 valence electrons. The minimum Gasteiger partial charge on any atom is -0.344 e. The summed E-state index contributed by atoms with van der Waals surface area (Å²) >= 11 is 0. The van der Waals surface area contributed by atoms with E-state index in [1.807, 2.05) is 13.8 Å². The van der Waals surface area contributed by atoms with Gasteiger partial charge >= 0.3 is 0 Å². The predicted molar refractivity (Wildman–Crippen MR) is 36.5 cm³/mol.